The van der Waals surface area contributed by atoms with Crippen LogP contribution in [0.2, 0.25) is 0 Å². The van der Waals surface area contributed by atoms with E-state index < -0.39 is 0 Å². The summed E-state index contributed by atoms with van der Waals surface area (Å²) in [6.45, 7) is 3.71. The van der Waals surface area contributed by atoms with Gasteiger partial charge in [-0.2, -0.15) is 0 Å². The number of nitrogens with zero attached hydrogens (tertiary/aromatic N) is 1. The van der Waals surface area contributed by atoms with E-state index in [9.17, 15) is 4.79 Å². The third kappa shape index (κ3) is 1.80. The van der Waals surface area contributed by atoms with E-state index in [0.29, 0.717) is 6.42 Å². The molecular formula is C13H15NO. The number of carbonyl (C=O) groups is 1. The average Bonchev–Trinajstić information content (AvgIpc) is 2.42. The number of aromatic nitrogens is 1. The minimum atomic E-state index is 0.212. The molecule has 0 aliphatic rings. The lowest BCUT2D eigenvalue weighted by Crippen LogP contribution is -1.94. The molecule has 78 valence electrons. The highest BCUT2D eigenvalue weighted by atomic mass is 16.1. The van der Waals surface area contributed by atoms with Crippen LogP contribution in [-0.2, 0) is 18.3 Å². The predicted octanol–water partition coefficient (Wildman–Crippen LogP) is 2.62. The van der Waals surface area contributed by atoms with Crippen molar-refractivity contribution in [1.82, 2.24) is 4.57 Å². The monoisotopic (exact) mass is 201 g/mol. The van der Waals surface area contributed by atoms with Gasteiger partial charge in [0.05, 0.1) is 0 Å². The lowest BCUT2D eigenvalue weighted by Gasteiger charge is -1.97. The van der Waals surface area contributed by atoms with E-state index in [4.69, 9.17) is 0 Å². The molecule has 2 nitrogen and oxygen atoms in total. The van der Waals surface area contributed by atoms with Crippen molar-refractivity contribution in [2.75, 3.05) is 0 Å². The summed E-state index contributed by atoms with van der Waals surface area (Å²) in [7, 11) is 2.02. The third-order valence-corrected chi connectivity index (χ3v) is 2.67. The number of carbonyl (C=O) groups excluding carboxylic acids is 1. The van der Waals surface area contributed by atoms with Crippen molar-refractivity contribution >= 4 is 16.7 Å². The summed E-state index contributed by atoms with van der Waals surface area (Å²) in [5, 5.41) is 1.20. The van der Waals surface area contributed by atoms with E-state index in [2.05, 4.69) is 29.7 Å². The Balaban J connectivity index is 2.64. The number of hydrogen-bond acceptors (Lipinski definition) is 1. The Morgan fingerprint density at radius 2 is 2.13 bits per heavy atom. The minimum absolute atomic E-state index is 0.212. The molecule has 0 N–H and O–H groups in total. The van der Waals surface area contributed by atoms with Crippen molar-refractivity contribution < 1.29 is 4.79 Å². The van der Waals surface area contributed by atoms with Crippen LogP contribution in [0.4, 0.5) is 0 Å². The number of hydrogen-bond donors (Lipinski definition) is 0. The molecular weight excluding hydrogens is 186 g/mol. The maximum Gasteiger partial charge on any atom is 0.134 e. The Hall–Kier alpha value is -1.57. The zero-order valence-electron chi connectivity index (χ0n) is 9.37. The van der Waals surface area contributed by atoms with E-state index in [-0.39, 0.29) is 5.78 Å². The quantitative estimate of drug-likeness (QED) is 0.732. The topological polar surface area (TPSA) is 22.0 Å². The van der Waals surface area contributed by atoms with Crippen molar-refractivity contribution in [3.05, 3.63) is 35.5 Å². The van der Waals surface area contributed by atoms with Gasteiger partial charge in [0.15, 0.2) is 0 Å². The van der Waals surface area contributed by atoms with Gasteiger partial charge in [-0.05, 0) is 31.5 Å². The molecule has 1 aromatic heterocycles. The van der Waals surface area contributed by atoms with Gasteiger partial charge in [-0.15, -0.1) is 0 Å². The van der Waals surface area contributed by atoms with E-state index in [1.807, 2.05) is 13.2 Å². The second-order valence-electron chi connectivity index (χ2n) is 4.16. The van der Waals surface area contributed by atoms with E-state index in [0.717, 1.165) is 5.56 Å². The lowest BCUT2D eigenvalue weighted by atomic mass is 10.1. The van der Waals surface area contributed by atoms with Crippen LogP contribution >= 0.6 is 0 Å². The standard InChI is InChI=1S/C13H15NO/c1-9-4-5-13-12(6-9)11(7-10(2)15)8-14(13)3/h4-6,8H,7H2,1-3H3. The number of aryl methyl sites for hydroxylation is 2. The van der Waals surface area contributed by atoms with Gasteiger partial charge < -0.3 is 4.57 Å². The van der Waals surface area contributed by atoms with Crippen LogP contribution in [-0.4, -0.2) is 10.4 Å². The van der Waals surface area contributed by atoms with Crippen LogP contribution in [0.1, 0.15) is 18.1 Å². The van der Waals surface area contributed by atoms with Gasteiger partial charge in [0.2, 0.25) is 0 Å². The van der Waals surface area contributed by atoms with Gasteiger partial charge in [-0.25, -0.2) is 0 Å². The lowest BCUT2D eigenvalue weighted by molar-refractivity contribution is -0.116. The Labute approximate surface area is 89.5 Å². The molecule has 15 heavy (non-hydrogen) atoms. The number of ketones is 1. The molecule has 0 fully saturated rings. The molecule has 0 saturated carbocycles. The fourth-order valence-electron chi connectivity index (χ4n) is 2.00. The van der Waals surface area contributed by atoms with Gasteiger partial charge >= 0.3 is 0 Å². The van der Waals surface area contributed by atoms with Crippen LogP contribution in [0, 0.1) is 6.92 Å². The van der Waals surface area contributed by atoms with Crippen molar-refractivity contribution in [2.45, 2.75) is 20.3 Å². The molecule has 2 aromatic rings. The Bertz CT molecular complexity index is 523. The summed E-state index contributed by atoms with van der Waals surface area (Å²) in [6, 6.07) is 6.35. The SMILES string of the molecule is CC(=O)Cc1cn(C)c2ccc(C)cc12. The summed E-state index contributed by atoms with van der Waals surface area (Å²) >= 11 is 0. The van der Waals surface area contributed by atoms with Crippen molar-refractivity contribution in [2.24, 2.45) is 7.05 Å². The van der Waals surface area contributed by atoms with Crippen molar-refractivity contribution in [1.29, 1.82) is 0 Å². The number of benzene rings is 1. The molecule has 0 aliphatic carbocycles. The molecule has 0 aliphatic heterocycles. The number of Topliss-reactive ketones (excluding diaryl/α,β-unsaturated/α-hetero) is 1. The van der Waals surface area contributed by atoms with Crippen LogP contribution in [0.3, 0.4) is 0 Å². The molecule has 0 unspecified atom stereocenters. The summed E-state index contributed by atoms with van der Waals surface area (Å²) in [4.78, 5) is 11.1. The number of rotatable bonds is 2. The Morgan fingerprint density at radius 1 is 1.40 bits per heavy atom. The second-order valence-corrected chi connectivity index (χ2v) is 4.16. The van der Waals surface area contributed by atoms with Gasteiger partial charge in [0.1, 0.15) is 5.78 Å². The molecule has 0 atom stereocenters. The highest BCUT2D eigenvalue weighted by Gasteiger charge is 2.07. The molecule has 0 radical (unpaired) electrons. The van der Waals surface area contributed by atoms with Gasteiger partial charge in [-0.1, -0.05) is 11.6 Å². The summed E-state index contributed by atoms with van der Waals surface area (Å²) < 4.78 is 2.08. The molecule has 0 bridgehead atoms. The predicted molar refractivity (Wildman–Crippen MR) is 62.0 cm³/mol. The first-order chi connectivity index (χ1) is 7.08. The van der Waals surface area contributed by atoms with E-state index in [1.165, 1.54) is 16.5 Å². The smallest absolute Gasteiger partial charge is 0.134 e. The Kier molecular flexibility index (Phi) is 2.35. The first kappa shape index (κ1) is 9.97. The molecule has 0 spiro atoms. The van der Waals surface area contributed by atoms with Crippen LogP contribution in [0.25, 0.3) is 10.9 Å². The fraction of sp³-hybridized carbons (Fsp3) is 0.308. The summed E-state index contributed by atoms with van der Waals surface area (Å²) in [5.41, 5.74) is 3.55. The second kappa shape index (κ2) is 3.54. The zero-order valence-corrected chi connectivity index (χ0v) is 9.37. The maximum atomic E-state index is 11.1. The van der Waals surface area contributed by atoms with E-state index in [1.54, 1.807) is 6.92 Å². The molecule has 2 heteroatoms. The van der Waals surface area contributed by atoms with Crippen molar-refractivity contribution in [3.8, 4) is 0 Å². The zero-order chi connectivity index (χ0) is 11.0. The minimum Gasteiger partial charge on any atom is -0.350 e. The molecule has 2 rings (SSSR count). The Morgan fingerprint density at radius 3 is 2.80 bits per heavy atom. The highest BCUT2D eigenvalue weighted by molar-refractivity contribution is 5.89. The largest absolute Gasteiger partial charge is 0.350 e. The highest BCUT2D eigenvalue weighted by Crippen LogP contribution is 2.22. The van der Waals surface area contributed by atoms with Gasteiger partial charge in [0.25, 0.3) is 0 Å². The van der Waals surface area contributed by atoms with Crippen molar-refractivity contribution in [3.63, 3.8) is 0 Å². The third-order valence-electron chi connectivity index (χ3n) is 2.67. The van der Waals surface area contributed by atoms with Gasteiger partial charge in [-0.3, -0.25) is 4.79 Å². The maximum absolute atomic E-state index is 11.1. The molecule has 1 aromatic carbocycles. The normalized spacial score (nSPS) is 10.9. The fourth-order valence-corrected chi connectivity index (χ4v) is 2.00. The van der Waals surface area contributed by atoms with Crippen LogP contribution in [0.5, 0.6) is 0 Å². The van der Waals surface area contributed by atoms with Gasteiger partial charge in [0, 0.05) is 30.6 Å². The first-order valence-electron chi connectivity index (χ1n) is 5.12. The summed E-state index contributed by atoms with van der Waals surface area (Å²) in [5.74, 6) is 0.212. The van der Waals surface area contributed by atoms with E-state index >= 15 is 0 Å². The molecule has 0 amide bonds. The molecule has 0 saturated heterocycles. The molecule has 1 heterocycles. The van der Waals surface area contributed by atoms with Crippen LogP contribution in [0.15, 0.2) is 24.4 Å². The summed E-state index contributed by atoms with van der Waals surface area (Å²) in [6.07, 6.45) is 2.58. The average molecular weight is 201 g/mol. The first-order valence-corrected chi connectivity index (χ1v) is 5.12. The number of fused-ring (bicyclic) bond motifs is 1. The van der Waals surface area contributed by atoms with Crippen LogP contribution < -0.4 is 0 Å².